The highest BCUT2D eigenvalue weighted by Crippen LogP contribution is 2.27. The minimum atomic E-state index is 0.400. The topological polar surface area (TPSA) is 60.8 Å². The van der Waals surface area contributed by atoms with E-state index in [2.05, 4.69) is 32.1 Å². The Morgan fingerprint density at radius 3 is 2.71 bits per heavy atom. The molecule has 28 heavy (non-hydrogen) atoms. The van der Waals surface area contributed by atoms with Crippen molar-refractivity contribution in [3.8, 4) is 17.0 Å². The fraction of sp³-hybridized carbons (Fsp3) is 0.0435. The molecule has 0 saturated heterocycles. The van der Waals surface area contributed by atoms with Crippen molar-refractivity contribution in [2.45, 2.75) is 6.61 Å². The first-order chi connectivity index (χ1) is 13.9. The number of para-hydroxylation sites is 1. The van der Waals surface area contributed by atoms with E-state index in [4.69, 9.17) is 4.74 Å². The molecule has 3 aromatic heterocycles. The van der Waals surface area contributed by atoms with E-state index in [0.717, 1.165) is 44.5 Å². The van der Waals surface area contributed by atoms with E-state index in [1.807, 2.05) is 54.6 Å². The minimum absolute atomic E-state index is 0.400. The molecule has 0 aliphatic carbocycles. The number of nitrogens with zero attached hydrogens (tertiary/aromatic N) is 4. The van der Waals surface area contributed by atoms with Crippen molar-refractivity contribution in [2.24, 2.45) is 0 Å². The molecule has 0 atom stereocenters. The SMILES string of the molecule is c1cncc(-c2ncnc3cc(OCc4ccc5ccccc5n4)ccc23)c1. The highest BCUT2D eigenvalue weighted by Gasteiger charge is 2.08. The van der Waals surface area contributed by atoms with E-state index in [1.54, 1.807) is 18.7 Å². The first kappa shape index (κ1) is 16.3. The van der Waals surface area contributed by atoms with Crippen LogP contribution in [0.1, 0.15) is 5.69 Å². The van der Waals surface area contributed by atoms with Gasteiger partial charge >= 0.3 is 0 Å². The zero-order valence-electron chi connectivity index (χ0n) is 15.0. The van der Waals surface area contributed by atoms with Crippen LogP contribution < -0.4 is 4.74 Å². The van der Waals surface area contributed by atoms with E-state index in [1.165, 1.54) is 0 Å². The number of fused-ring (bicyclic) bond motifs is 2. The molecule has 5 nitrogen and oxygen atoms in total. The Labute approximate surface area is 161 Å². The molecule has 0 radical (unpaired) electrons. The number of rotatable bonds is 4. The van der Waals surface area contributed by atoms with Gasteiger partial charge in [0.1, 0.15) is 18.7 Å². The zero-order valence-corrected chi connectivity index (χ0v) is 15.0. The summed E-state index contributed by atoms with van der Waals surface area (Å²) >= 11 is 0. The zero-order chi connectivity index (χ0) is 18.8. The van der Waals surface area contributed by atoms with Gasteiger partial charge in [0.2, 0.25) is 0 Å². The van der Waals surface area contributed by atoms with Crippen molar-refractivity contribution in [1.82, 2.24) is 19.9 Å². The molecule has 2 aromatic carbocycles. The lowest BCUT2D eigenvalue weighted by atomic mass is 10.1. The van der Waals surface area contributed by atoms with Gasteiger partial charge in [-0.15, -0.1) is 0 Å². The normalized spacial score (nSPS) is 11.0. The summed E-state index contributed by atoms with van der Waals surface area (Å²) in [6, 6.07) is 21.9. The van der Waals surface area contributed by atoms with E-state index in [-0.39, 0.29) is 0 Å². The van der Waals surface area contributed by atoms with Crippen molar-refractivity contribution in [2.75, 3.05) is 0 Å². The Kier molecular flexibility index (Phi) is 4.10. The molecule has 3 heterocycles. The van der Waals surface area contributed by atoms with Crippen LogP contribution in [0.3, 0.4) is 0 Å². The van der Waals surface area contributed by atoms with Crippen LogP contribution in [0.25, 0.3) is 33.1 Å². The van der Waals surface area contributed by atoms with E-state index >= 15 is 0 Å². The van der Waals surface area contributed by atoms with Crippen LogP contribution in [0.4, 0.5) is 0 Å². The van der Waals surface area contributed by atoms with Gasteiger partial charge in [0.15, 0.2) is 0 Å². The largest absolute Gasteiger partial charge is 0.487 e. The average molecular weight is 364 g/mol. The molecule has 0 fully saturated rings. The summed E-state index contributed by atoms with van der Waals surface area (Å²) in [5, 5.41) is 2.09. The van der Waals surface area contributed by atoms with Gasteiger partial charge in [-0.25, -0.2) is 15.0 Å². The van der Waals surface area contributed by atoms with Crippen LogP contribution in [0, 0.1) is 0 Å². The molecule has 0 N–H and O–H groups in total. The van der Waals surface area contributed by atoms with Gasteiger partial charge in [-0.3, -0.25) is 4.98 Å². The highest BCUT2D eigenvalue weighted by molar-refractivity contribution is 5.92. The third-order valence-corrected chi connectivity index (χ3v) is 4.59. The van der Waals surface area contributed by atoms with E-state index < -0.39 is 0 Å². The summed E-state index contributed by atoms with van der Waals surface area (Å²) < 4.78 is 5.96. The summed E-state index contributed by atoms with van der Waals surface area (Å²) in [5.41, 5.74) is 4.51. The van der Waals surface area contributed by atoms with Crippen molar-refractivity contribution < 1.29 is 4.74 Å². The fourth-order valence-corrected chi connectivity index (χ4v) is 3.21. The monoisotopic (exact) mass is 364 g/mol. The summed E-state index contributed by atoms with van der Waals surface area (Å²) in [5.74, 6) is 0.748. The lowest BCUT2D eigenvalue weighted by Gasteiger charge is -2.09. The Morgan fingerprint density at radius 1 is 0.821 bits per heavy atom. The van der Waals surface area contributed by atoms with Gasteiger partial charge in [0, 0.05) is 34.8 Å². The molecular formula is C23H16N4O. The number of hydrogen-bond donors (Lipinski definition) is 0. The Morgan fingerprint density at radius 2 is 1.79 bits per heavy atom. The predicted octanol–water partition coefficient (Wildman–Crippen LogP) is 4.82. The van der Waals surface area contributed by atoms with Gasteiger partial charge in [-0.05, 0) is 36.4 Å². The second-order valence-electron chi connectivity index (χ2n) is 6.43. The summed E-state index contributed by atoms with van der Waals surface area (Å²) in [4.78, 5) is 17.7. The first-order valence-corrected chi connectivity index (χ1v) is 8.99. The molecule has 0 saturated carbocycles. The van der Waals surface area contributed by atoms with Crippen LogP contribution in [-0.4, -0.2) is 19.9 Å². The molecule has 0 unspecified atom stereocenters. The Hall–Kier alpha value is -3.86. The third-order valence-electron chi connectivity index (χ3n) is 4.59. The predicted molar refractivity (Wildman–Crippen MR) is 109 cm³/mol. The van der Waals surface area contributed by atoms with Crippen LogP contribution in [0.5, 0.6) is 5.75 Å². The van der Waals surface area contributed by atoms with Crippen LogP contribution >= 0.6 is 0 Å². The smallest absolute Gasteiger partial charge is 0.130 e. The molecule has 0 aliphatic rings. The molecule has 134 valence electrons. The van der Waals surface area contributed by atoms with Crippen LogP contribution in [0.2, 0.25) is 0 Å². The number of hydrogen-bond acceptors (Lipinski definition) is 5. The summed E-state index contributed by atoms with van der Waals surface area (Å²) in [6.45, 7) is 0.400. The fourth-order valence-electron chi connectivity index (χ4n) is 3.21. The lowest BCUT2D eigenvalue weighted by molar-refractivity contribution is 0.302. The second-order valence-corrected chi connectivity index (χ2v) is 6.43. The molecule has 5 heteroatoms. The van der Waals surface area contributed by atoms with Crippen molar-refractivity contribution in [3.63, 3.8) is 0 Å². The minimum Gasteiger partial charge on any atom is -0.487 e. The molecule has 0 amide bonds. The molecule has 0 aliphatic heterocycles. The maximum atomic E-state index is 5.96. The molecular weight excluding hydrogens is 348 g/mol. The van der Waals surface area contributed by atoms with Crippen molar-refractivity contribution in [3.05, 3.63) is 91.1 Å². The van der Waals surface area contributed by atoms with Gasteiger partial charge in [-0.2, -0.15) is 0 Å². The van der Waals surface area contributed by atoms with E-state index in [9.17, 15) is 0 Å². The Bertz CT molecular complexity index is 1270. The number of benzene rings is 2. The Balaban J connectivity index is 1.42. The van der Waals surface area contributed by atoms with Crippen LogP contribution in [0.15, 0.2) is 85.5 Å². The van der Waals surface area contributed by atoms with Gasteiger partial charge < -0.3 is 4.74 Å². The lowest BCUT2D eigenvalue weighted by Crippen LogP contribution is -1.99. The molecule has 5 aromatic rings. The number of ether oxygens (including phenoxy) is 1. The third kappa shape index (κ3) is 3.14. The first-order valence-electron chi connectivity index (χ1n) is 8.99. The van der Waals surface area contributed by atoms with Gasteiger partial charge in [-0.1, -0.05) is 24.3 Å². The average Bonchev–Trinajstić information content (AvgIpc) is 2.77. The van der Waals surface area contributed by atoms with Crippen molar-refractivity contribution in [1.29, 1.82) is 0 Å². The number of aromatic nitrogens is 4. The molecule has 0 bridgehead atoms. The molecule has 5 rings (SSSR count). The number of pyridine rings is 2. The summed E-state index contributed by atoms with van der Waals surface area (Å²) in [7, 11) is 0. The maximum absolute atomic E-state index is 5.96. The quantitative estimate of drug-likeness (QED) is 0.458. The van der Waals surface area contributed by atoms with Crippen LogP contribution in [-0.2, 0) is 6.61 Å². The highest BCUT2D eigenvalue weighted by atomic mass is 16.5. The maximum Gasteiger partial charge on any atom is 0.130 e. The second kappa shape index (κ2) is 7.04. The van der Waals surface area contributed by atoms with Gasteiger partial charge in [0.05, 0.1) is 22.4 Å². The van der Waals surface area contributed by atoms with E-state index in [0.29, 0.717) is 6.61 Å². The van der Waals surface area contributed by atoms with Crippen molar-refractivity contribution >= 4 is 21.8 Å². The standard InChI is InChI=1S/C23H16N4O/c1-2-6-21-16(4-1)7-8-18(27-21)14-28-19-9-10-20-22(12-19)25-15-26-23(20)17-5-3-11-24-13-17/h1-13,15H,14H2. The molecule has 0 spiro atoms. The summed E-state index contributed by atoms with van der Waals surface area (Å²) in [6.07, 6.45) is 5.12. The van der Waals surface area contributed by atoms with Gasteiger partial charge in [0.25, 0.3) is 0 Å².